The van der Waals surface area contributed by atoms with Crippen molar-refractivity contribution in [2.75, 3.05) is 13.1 Å². The van der Waals surface area contributed by atoms with Crippen LogP contribution in [0.5, 0.6) is 0 Å². The van der Waals surface area contributed by atoms with Crippen molar-refractivity contribution < 1.29 is 4.79 Å². The van der Waals surface area contributed by atoms with Crippen molar-refractivity contribution >= 4 is 60.7 Å². The molecule has 3 aromatic rings. The van der Waals surface area contributed by atoms with E-state index in [0.29, 0.717) is 42.8 Å². The molecule has 0 saturated carbocycles. The molecule has 2 amide bonds. The summed E-state index contributed by atoms with van der Waals surface area (Å²) in [4.78, 5) is 33.1. The molecule has 6 nitrogen and oxygen atoms in total. The molecular formula is C21H22Br2N4O2S. The average molecular weight is 554 g/mol. The van der Waals surface area contributed by atoms with Crippen molar-refractivity contribution in [2.24, 2.45) is 0 Å². The number of urea groups is 1. The van der Waals surface area contributed by atoms with Crippen molar-refractivity contribution in [2.45, 2.75) is 31.7 Å². The second-order valence-corrected chi connectivity index (χ2v) is 9.17. The molecule has 0 fully saturated rings. The SMILES string of the molecule is CCc1nc2c(Br)cc(Br)cc2c(=O)n1CCN(CC)C(=O)NSc1ccccc1. The van der Waals surface area contributed by atoms with E-state index in [0.717, 1.165) is 13.8 Å². The fourth-order valence-electron chi connectivity index (χ4n) is 3.07. The number of aryl methyl sites for hydroxylation is 1. The van der Waals surface area contributed by atoms with Gasteiger partial charge in [-0.2, -0.15) is 0 Å². The van der Waals surface area contributed by atoms with Crippen molar-refractivity contribution in [3.63, 3.8) is 0 Å². The van der Waals surface area contributed by atoms with E-state index < -0.39 is 0 Å². The fourth-order valence-corrected chi connectivity index (χ4v) is 5.02. The number of aromatic nitrogens is 2. The van der Waals surface area contributed by atoms with Gasteiger partial charge in [-0.05, 0) is 59.1 Å². The predicted molar refractivity (Wildman–Crippen MR) is 129 cm³/mol. The molecular weight excluding hydrogens is 532 g/mol. The zero-order valence-corrected chi connectivity index (χ0v) is 20.7. The maximum absolute atomic E-state index is 13.2. The van der Waals surface area contributed by atoms with Crippen LogP contribution in [0.25, 0.3) is 10.9 Å². The Morgan fingerprint density at radius 3 is 2.60 bits per heavy atom. The third-order valence-corrected chi connectivity index (χ3v) is 6.48. The summed E-state index contributed by atoms with van der Waals surface area (Å²) < 4.78 is 6.12. The first-order valence-electron chi connectivity index (χ1n) is 9.59. The molecule has 0 spiro atoms. The molecule has 0 atom stereocenters. The molecule has 0 unspecified atom stereocenters. The van der Waals surface area contributed by atoms with E-state index in [1.54, 1.807) is 15.5 Å². The van der Waals surface area contributed by atoms with Crippen LogP contribution < -0.4 is 10.3 Å². The minimum absolute atomic E-state index is 0.103. The Labute approximate surface area is 196 Å². The maximum Gasteiger partial charge on any atom is 0.327 e. The first-order chi connectivity index (χ1) is 14.4. The van der Waals surface area contributed by atoms with Gasteiger partial charge >= 0.3 is 6.03 Å². The van der Waals surface area contributed by atoms with Crippen LogP contribution in [0.1, 0.15) is 19.7 Å². The lowest BCUT2D eigenvalue weighted by Gasteiger charge is -2.22. The molecule has 30 heavy (non-hydrogen) atoms. The van der Waals surface area contributed by atoms with Crippen LogP contribution >= 0.6 is 43.8 Å². The topological polar surface area (TPSA) is 67.2 Å². The van der Waals surface area contributed by atoms with Gasteiger partial charge in [0.2, 0.25) is 0 Å². The predicted octanol–water partition coefficient (Wildman–Crippen LogP) is 5.22. The second kappa shape index (κ2) is 10.5. The van der Waals surface area contributed by atoms with Crippen molar-refractivity contribution in [3.8, 4) is 0 Å². The van der Waals surface area contributed by atoms with Crippen LogP contribution in [0.3, 0.4) is 0 Å². The number of rotatable bonds is 7. The van der Waals surface area contributed by atoms with Crippen LogP contribution in [0.15, 0.2) is 61.1 Å². The molecule has 158 valence electrons. The van der Waals surface area contributed by atoms with Crippen LogP contribution in [0.4, 0.5) is 4.79 Å². The van der Waals surface area contributed by atoms with Gasteiger partial charge in [-0.1, -0.05) is 41.1 Å². The molecule has 9 heteroatoms. The van der Waals surface area contributed by atoms with Crippen molar-refractivity contribution in [1.29, 1.82) is 0 Å². The molecule has 0 saturated heterocycles. The highest BCUT2D eigenvalue weighted by atomic mass is 79.9. The normalized spacial score (nSPS) is 10.9. The summed E-state index contributed by atoms with van der Waals surface area (Å²) in [6, 6.07) is 13.1. The van der Waals surface area contributed by atoms with Gasteiger partial charge in [0.05, 0.1) is 10.9 Å². The lowest BCUT2D eigenvalue weighted by Crippen LogP contribution is -2.40. The zero-order valence-electron chi connectivity index (χ0n) is 16.7. The minimum atomic E-state index is -0.184. The quantitative estimate of drug-likeness (QED) is 0.407. The zero-order chi connectivity index (χ0) is 21.7. The smallest absolute Gasteiger partial charge is 0.323 e. The summed E-state index contributed by atoms with van der Waals surface area (Å²) in [5, 5.41) is 0.542. The lowest BCUT2D eigenvalue weighted by atomic mass is 10.2. The Bertz CT molecular complexity index is 1110. The number of fused-ring (bicyclic) bond motifs is 1. The van der Waals surface area contributed by atoms with Gasteiger partial charge in [-0.15, -0.1) is 0 Å². The number of nitrogens with zero attached hydrogens (tertiary/aromatic N) is 3. The van der Waals surface area contributed by atoms with E-state index >= 15 is 0 Å². The molecule has 0 aliphatic carbocycles. The van der Waals surface area contributed by atoms with Gasteiger partial charge in [-0.3, -0.25) is 14.1 Å². The van der Waals surface area contributed by atoms with E-state index in [-0.39, 0.29) is 11.6 Å². The highest BCUT2D eigenvalue weighted by molar-refractivity contribution is 9.11. The largest absolute Gasteiger partial charge is 0.327 e. The Kier molecular flexibility index (Phi) is 7.96. The number of benzene rings is 2. The lowest BCUT2D eigenvalue weighted by molar-refractivity contribution is 0.204. The summed E-state index contributed by atoms with van der Waals surface area (Å²) in [6.45, 7) is 5.22. The molecule has 1 aromatic heterocycles. The number of carbonyl (C=O) groups is 1. The van der Waals surface area contributed by atoms with Crippen molar-refractivity contribution in [1.82, 2.24) is 19.2 Å². The van der Waals surface area contributed by atoms with Gasteiger partial charge in [0.1, 0.15) is 5.82 Å². The molecule has 3 rings (SSSR count). The number of likely N-dealkylation sites (N-methyl/N-ethyl adjacent to an activating group) is 1. The standard InChI is InChI=1S/C21H22Br2N4O2S/c1-3-18-24-19-16(12-14(22)13-17(19)23)20(28)27(18)11-10-26(4-2)21(29)25-30-15-8-6-5-7-9-15/h5-9,12-13H,3-4,10-11H2,1-2H3,(H,25,29). The van der Waals surface area contributed by atoms with Crippen LogP contribution in [-0.2, 0) is 13.0 Å². The first-order valence-corrected chi connectivity index (χ1v) is 12.0. The Balaban J connectivity index is 1.78. The van der Waals surface area contributed by atoms with Crippen LogP contribution in [0.2, 0.25) is 0 Å². The number of nitrogens with one attached hydrogen (secondary N) is 1. The van der Waals surface area contributed by atoms with Gasteiger partial charge < -0.3 is 4.90 Å². The summed E-state index contributed by atoms with van der Waals surface area (Å²) in [5.41, 5.74) is 0.551. The van der Waals surface area contributed by atoms with Gasteiger partial charge in [0, 0.05) is 39.9 Å². The third-order valence-electron chi connectivity index (χ3n) is 4.63. The molecule has 1 N–H and O–H groups in total. The van der Waals surface area contributed by atoms with Crippen molar-refractivity contribution in [3.05, 3.63) is 67.6 Å². The maximum atomic E-state index is 13.2. The summed E-state index contributed by atoms with van der Waals surface area (Å²) in [6.07, 6.45) is 0.621. The molecule has 1 heterocycles. The summed E-state index contributed by atoms with van der Waals surface area (Å²) >= 11 is 8.21. The van der Waals surface area contributed by atoms with Gasteiger partial charge in [-0.25, -0.2) is 9.78 Å². The Morgan fingerprint density at radius 1 is 1.20 bits per heavy atom. The number of hydrogen-bond donors (Lipinski definition) is 1. The van der Waals surface area contributed by atoms with E-state index in [4.69, 9.17) is 4.98 Å². The molecule has 0 aliphatic rings. The summed E-state index contributed by atoms with van der Waals surface area (Å²) in [7, 11) is 0. The van der Waals surface area contributed by atoms with Crippen LogP contribution in [-0.4, -0.2) is 33.6 Å². The highest BCUT2D eigenvalue weighted by Crippen LogP contribution is 2.25. The third kappa shape index (κ3) is 5.25. The first kappa shape index (κ1) is 22.8. The van der Waals surface area contributed by atoms with E-state index in [9.17, 15) is 9.59 Å². The number of hydrogen-bond acceptors (Lipinski definition) is 4. The highest BCUT2D eigenvalue weighted by Gasteiger charge is 2.16. The van der Waals surface area contributed by atoms with Gasteiger partial charge in [0.25, 0.3) is 5.56 Å². The van der Waals surface area contributed by atoms with Crippen LogP contribution in [0, 0.1) is 0 Å². The molecule has 2 aromatic carbocycles. The van der Waals surface area contributed by atoms with E-state index in [1.807, 2.05) is 50.2 Å². The molecule has 0 bridgehead atoms. The average Bonchev–Trinajstić information content (AvgIpc) is 2.75. The Hall–Kier alpha value is -1.84. The monoisotopic (exact) mass is 552 g/mol. The molecule has 0 aliphatic heterocycles. The van der Waals surface area contributed by atoms with E-state index in [1.165, 1.54) is 11.9 Å². The summed E-state index contributed by atoms with van der Waals surface area (Å²) in [5.74, 6) is 0.700. The number of halogens is 2. The van der Waals surface area contributed by atoms with Gasteiger partial charge in [0.15, 0.2) is 0 Å². The number of carbonyl (C=O) groups excluding carboxylic acids is 1. The fraction of sp³-hybridized carbons (Fsp3) is 0.286. The van der Waals surface area contributed by atoms with E-state index in [2.05, 4.69) is 36.6 Å². The Morgan fingerprint density at radius 2 is 1.93 bits per heavy atom. The molecule has 0 radical (unpaired) electrons. The minimum Gasteiger partial charge on any atom is -0.323 e. The second-order valence-electron chi connectivity index (χ2n) is 6.52. The number of amides is 2.